The minimum atomic E-state index is -0.357. The van der Waals surface area contributed by atoms with E-state index >= 15 is 0 Å². The van der Waals surface area contributed by atoms with Crippen LogP contribution in [0.1, 0.15) is 42.5 Å². The third-order valence-corrected chi connectivity index (χ3v) is 5.84. The molecule has 1 fully saturated rings. The SMILES string of the molecule is CC(=O)S[C@H]1CCN(C(=O)OCc2ccccc2)[C@H](c2ccc(C#N)cc2)C1. The largest absolute Gasteiger partial charge is 0.445 e. The maximum atomic E-state index is 12.8. The van der Waals surface area contributed by atoms with E-state index in [0.29, 0.717) is 18.5 Å². The molecule has 1 aliphatic heterocycles. The van der Waals surface area contributed by atoms with Crippen LogP contribution in [0.2, 0.25) is 0 Å². The van der Waals surface area contributed by atoms with Crippen molar-refractivity contribution < 1.29 is 14.3 Å². The summed E-state index contributed by atoms with van der Waals surface area (Å²) in [6, 6.07) is 18.8. The lowest BCUT2D eigenvalue weighted by Crippen LogP contribution is -2.42. The average Bonchev–Trinajstić information content (AvgIpc) is 2.72. The van der Waals surface area contributed by atoms with Crippen LogP contribution in [-0.4, -0.2) is 27.9 Å². The lowest BCUT2D eigenvalue weighted by atomic mass is 9.94. The molecule has 0 aromatic heterocycles. The van der Waals surface area contributed by atoms with Crippen LogP contribution in [-0.2, 0) is 16.1 Å². The highest BCUT2D eigenvalue weighted by Crippen LogP contribution is 2.37. The third kappa shape index (κ3) is 5.14. The monoisotopic (exact) mass is 394 g/mol. The van der Waals surface area contributed by atoms with Gasteiger partial charge in [0.15, 0.2) is 5.12 Å². The molecule has 2 atom stereocenters. The van der Waals surface area contributed by atoms with Crippen LogP contribution < -0.4 is 0 Å². The van der Waals surface area contributed by atoms with Gasteiger partial charge in [-0.25, -0.2) is 4.79 Å². The molecular formula is C22H22N2O3S. The smallest absolute Gasteiger partial charge is 0.410 e. The Morgan fingerprint density at radius 1 is 1.18 bits per heavy atom. The highest BCUT2D eigenvalue weighted by atomic mass is 32.2. The van der Waals surface area contributed by atoms with Gasteiger partial charge in [-0.1, -0.05) is 54.2 Å². The van der Waals surface area contributed by atoms with E-state index in [0.717, 1.165) is 17.5 Å². The normalized spacial score (nSPS) is 18.9. The van der Waals surface area contributed by atoms with Crippen molar-refractivity contribution in [2.24, 2.45) is 0 Å². The van der Waals surface area contributed by atoms with Crippen molar-refractivity contribution in [1.82, 2.24) is 4.90 Å². The average molecular weight is 394 g/mol. The van der Waals surface area contributed by atoms with Crippen LogP contribution in [0.4, 0.5) is 4.79 Å². The first-order valence-corrected chi connectivity index (χ1v) is 10.1. The molecule has 2 aromatic carbocycles. The number of likely N-dealkylation sites (tertiary alicyclic amines) is 1. The molecule has 0 aliphatic carbocycles. The summed E-state index contributed by atoms with van der Waals surface area (Å²) in [5.41, 5.74) is 2.46. The summed E-state index contributed by atoms with van der Waals surface area (Å²) in [7, 11) is 0. The Bertz CT molecular complexity index is 862. The number of hydrogen-bond donors (Lipinski definition) is 0. The predicted octanol–water partition coefficient (Wildman–Crippen LogP) is 4.68. The molecule has 144 valence electrons. The number of carbonyl (C=O) groups excluding carboxylic acids is 2. The standard InChI is InChI=1S/C22H22N2O3S/c1-16(25)28-20-11-12-24(22(26)27-15-18-5-3-2-4-6-18)21(13-20)19-9-7-17(14-23)8-10-19/h2-10,20-21H,11-13,15H2,1H3/t20-,21-/m0/s1. The molecule has 0 bridgehead atoms. The van der Waals surface area contributed by atoms with Crippen LogP contribution in [0.5, 0.6) is 0 Å². The van der Waals surface area contributed by atoms with Crippen molar-refractivity contribution in [3.05, 3.63) is 71.3 Å². The van der Waals surface area contributed by atoms with Crippen molar-refractivity contribution in [2.75, 3.05) is 6.54 Å². The minimum Gasteiger partial charge on any atom is -0.445 e. The number of piperidine rings is 1. The van der Waals surface area contributed by atoms with Crippen LogP contribution in [0.3, 0.4) is 0 Å². The number of carbonyl (C=O) groups is 2. The molecule has 3 rings (SSSR count). The van der Waals surface area contributed by atoms with Gasteiger partial charge >= 0.3 is 6.09 Å². The summed E-state index contributed by atoms with van der Waals surface area (Å²) in [4.78, 5) is 26.1. The fraction of sp³-hybridized carbons (Fsp3) is 0.318. The second-order valence-corrected chi connectivity index (χ2v) is 8.22. The lowest BCUT2D eigenvalue weighted by Gasteiger charge is -2.38. The van der Waals surface area contributed by atoms with Crippen molar-refractivity contribution >= 4 is 23.0 Å². The van der Waals surface area contributed by atoms with Crippen LogP contribution in [0.15, 0.2) is 54.6 Å². The molecule has 1 aliphatic rings. The van der Waals surface area contributed by atoms with Gasteiger partial charge in [0.1, 0.15) is 6.61 Å². The zero-order valence-corrected chi connectivity index (χ0v) is 16.5. The second kappa shape index (κ2) is 9.43. The minimum absolute atomic E-state index is 0.0867. The molecular weight excluding hydrogens is 372 g/mol. The van der Waals surface area contributed by atoms with E-state index in [-0.39, 0.29) is 29.1 Å². The summed E-state index contributed by atoms with van der Waals surface area (Å²) in [6.07, 6.45) is 1.07. The number of rotatable bonds is 4. The van der Waals surface area contributed by atoms with E-state index in [2.05, 4.69) is 6.07 Å². The Kier molecular flexibility index (Phi) is 6.72. The van der Waals surface area contributed by atoms with Gasteiger partial charge in [0.25, 0.3) is 0 Å². The third-order valence-electron chi connectivity index (χ3n) is 4.75. The molecule has 0 N–H and O–H groups in total. The Morgan fingerprint density at radius 2 is 1.89 bits per heavy atom. The summed E-state index contributed by atoms with van der Waals surface area (Å²) in [5.74, 6) is 0. The zero-order chi connectivity index (χ0) is 19.9. The van der Waals surface area contributed by atoms with Gasteiger partial charge in [0.2, 0.25) is 0 Å². The van der Waals surface area contributed by atoms with E-state index < -0.39 is 0 Å². The fourth-order valence-corrected chi connectivity index (χ4v) is 4.36. The fourth-order valence-electron chi connectivity index (χ4n) is 3.39. The number of benzene rings is 2. The van der Waals surface area contributed by atoms with Crippen molar-refractivity contribution in [1.29, 1.82) is 5.26 Å². The van der Waals surface area contributed by atoms with Crippen molar-refractivity contribution in [2.45, 2.75) is 37.7 Å². The highest BCUT2D eigenvalue weighted by molar-refractivity contribution is 8.14. The van der Waals surface area contributed by atoms with Gasteiger partial charge in [-0.15, -0.1) is 0 Å². The lowest BCUT2D eigenvalue weighted by molar-refractivity contribution is -0.109. The van der Waals surface area contributed by atoms with Crippen molar-refractivity contribution in [3.8, 4) is 6.07 Å². The quantitative estimate of drug-likeness (QED) is 0.753. The first-order chi connectivity index (χ1) is 13.6. The summed E-state index contributed by atoms with van der Waals surface area (Å²) in [5, 5.41) is 9.27. The number of nitriles is 1. The predicted molar refractivity (Wildman–Crippen MR) is 109 cm³/mol. The van der Waals surface area contributed by atoms with Gasteiger partial charge in [-0.2, -0.15) is 5.26 Å². The first-order valence-electron chi connectivity index (χ1n) is 9.21. The number of nitrogens with zero attached hydrogens (tertiary/aromatic N) is 2. The number of amides is 1. The van der Waals surface area contributed by atoms with Gasteiger partial charge < -0.3 is 9.64 Å². The Morgan fingerprint density at radius 3 is 2.54 bits per heavy atom. The summed E-state index contributed by atoms with van der Waals surface area (Å²) < 4.78 is 5.54. The maximum Gasteiger partial charge on any atom is 0.410 e. The van der Waals surface area contributed by atoms with Gasteiger partial charge in [0, 0.05) is 18.7 Å². The van der Waals surface area contributed by atoms with Crippen LogP contribution >= 0.6 is 11.8 Å². The molecule has 28 heavy (non-hydrogen) atoms. The van der Waals surface area contributed by atoms with E-state index in [1.54, 1.807) is 24.0 Å². The maximum absolute atomic E-state index is 12.8. The first kappa shape index (κ1) is 20.0. The van der Waals surface area contributed by atoms with Crippen LogP contribution in [0.25, 0.3) is 0 Å². The number of thioether (sulfide) groups is 1. The highest BCUT2D eigenvalue weighted by Gasteiger charge is 2.34. The number of ether oxygens (including phenoxy) is 1. The Labute approximate surface area is 169 Å². The van der Waals surface area contributed by atoms with Gasteiger partial charge in [-0.3, -0.25) is 4.79 Å². The molecule has 0 unspecified atom stereocenters. The van der Waals surface area contributed by atoms with Gasteiger partial charge in [-0.05, 0) is 36.1 Å². The van der Waals surface area contributed by atoms with Crippen LogP contribution in [0, 0.1) is 11.3 Å². The summed E-state index contributed by atoms with van der Waals surface area (Å²) >= 11 is 1.34. The molecule has 1 amide bonds. The molecule has 6 heteroatoms. The Balaban J connectivity index is 1.75. The van der Waals surface area contributed by atoms with Crippen molar-refractivity contribution in [3.63, 3.8) is 0 Å². The van der Waals surface area contributed by atoms with E-state index in [4.69, 9.17) is 10.00 Å². The second-order valence-electron chi connectivity index (χ2n) is 6.74. The molecule has 1 saturated heterocycles. The molecule has 0 spiro atoms. The topological polar surface area (TPSA) is 70.4 Å². The summed E-state index contributed by atoms with van der Waals surface area (Å²) in [6.45, 7) is 2.33. The molecule has 0 radical (unpaired) electrons. The van der Waals surface area contributed by atoms with E-state index in [1.165, 1.54) is 11.8 Å². The molecule has 1 heterocycles. The zero-order valence-electron chi connectivity index (χ0n) is 15.7. The molecule has 0 saturated carbocycles. The van der Waals surface area contributed by atoms with E-state index in [9.17, 15) is 9.59 Å². The molecule has 2 aromatic rings. The van der Waals surface area contributed by atoms with E-state index in [1.807, 2.05) is 42.5 Å². The number of hydrogen-bond acceptors (Lipinski definition) is 5. The Hall–Kier alpha value is -2.78. The van der Waals surface area contributed by atoms with Gasteiger partial charge in [0.05, 0.1) is 17.7 Å². The molecule has 5 nitrogen and oxygen atoms in total.